The van der Waals surface area contributed by atoms with Gasteiger partial charge in [0.25, 0.3) is 0 Å². The largest absolute Gasteiger partial charge is 0.481 e. The Labute approximate surface area is 392 Å². The van der Waals surface area contributed by atoms with Gasteiger partial charge in [0.1, 0.15) is 42.0 Å². The molecule has 10 N–H and O–H groups in total. The van der Waals surface area contributed by atoms with Crippen molar-refractivity contribution in [3.05, 3.63) is 12.7 Å². The van der Waals surface area contributed by atoms with Crippen LogP contribution in [0.1, 0.15) is 117 Å². The number of nitrogens with zero attached hydrogens (tertiary/aromatic N) is 4. The Hall–Kier alpha value is -2.77. The molecule has 67 heavy (non-hydrogen) atoms. The molecular formula is C38H66N7O18P3S. The molecule has 0 spiro atoms. The number of aliphatic hydroxyl groups is 2. The number of phosphoric ester groups is 3. The summed E-state index contributed by atoms with van der Waals surface area (Å²) in [6, 6.07) is 0. The first-order chi connectivity index (χ1) is 31.4. The fourth-order valence-corrected chi connectivity index (χ4v) is 10.3. The molecule has 1 aliphatic rings. The van der Waals surface area contributed by atoms with Crippen LogP contribution < -0.4 is 16.4 Å². The molecule has 3 unspecified atom stereocenters. The highest BCUT2D eigenvalue weighted by Crippen LogP contribution is 2.61. The number of unbranched alkanes of at least 4 members (excludes halogenated alkanes) is 10. The molecule has 0 aromatic carbocycles. The Morgan fingerprint density at radius 2 is 1.51 bits per heavy atom. The van der Waals surface area contributed by atoms with Gasteiger partial charge in [-0.05, 0) is 13.3 Å². The first kappa shape index (κ1) is 58.5. The van der Waals surface area contributed by atoms with E-state index in [1.807, 2.05) is 0 Å². The van der Waals surface area contributed by atoms with E-state index in [4.69, 9.17) is 19.5 Å². The highest BCUT2D eigenvalue weighted by Gasteiger charge is 2.50. The number of ether oxygens (including phenoxy) is 1. The monoisotopic (exact) mass is 1030 g/mol. The molecule has 1 aliphatic heterocycles. The van der Waals surface area contributed by atoms with Gasteiger partial charge in [-0.1, -0.05) is 96.7 Å². The number of fused-ring (bicyclic) bond motifs is 1. The van der Waals surface area contributed by atoms with Gasteiger partial charge in [-0.15, -0.1) is 0 Å². The summed E-state index contributed by atoms with van der Waals surface area (Å²) in [6.07, 6.45) is 6.11. The van der Waals surface area contributed by atoms with Gasteiger partial charge >= 0.3 is 23.5 Å². The van der Waals surface area contributed by atoms with Gasteiger partial charge < -0.3 is 50.9 Å². The number of hydrogen-bond acceptors (Lipinski definition) is 19. The van der Waals surface area contributed by atoms with Crippen molar-refractivity contribution in [1.29, 1.82) is 0 Å². The second kappa shape index (κ2) is 27.6. The third-order valence-electron chi connectivity index (χ3n) is 10.6. The van der Waals surface area contributed by atoms with Crippen LogP contribution in [0.3, 0.4) is 0 Å². The number of aromatic nitrogens is 4. The molecular weight excluding hydrogens is 967 g/mol. The molecule has 0 aliphatic carbocycles. The number of carbonyl (C=O) groups is 4. The zero-order chi connectivity index (χ0) is 50.0. The second-order valence-electron chi connectivity index (χ2n) is 16.7. The van der Waals surface area contributed by atoms with E-state index >= 15 is 0 Å². The van der Waals surface area contributed by atoms with Crippen LogP contribution in [0, 0.1) is 11.3 Å². The number of rotatable bonds is 33. The zero-order valence-corrected chi connectivity index (χ0v) is 41.5. The highest BCUT2D eigenvalue weighted by atomic mass is 32.2. The fraction of sp³-hybridized carbons (Fsp3) is 0.763. The Kier molecular flexibility index (Phi) is 24.1. The lowest BCUT2D eigenvalue weighted by Crippen LogP contribution is -2.46. The molecule has 29 heteroatoms. The average Bonchev–Trinajstić information content (AvgIpc) is 3.81. The lowest BCUT2D eigenvalue weighted by Gasteiger charge is -2.30. The van der Waals surface area contributed by atoms with Crippen molar-refractivity contribution in [2.24, 2.45) is 11.3 Å². The number of hydrogen-bond donors (Lipinski definition) is 9. The van der Waals surface area contributed by atoms with Gasteiger partial charge in [-0.3, -0.25) is 37.3 Å². The van der Waals surface area contributed by atoms with Gasteiger partial charge in [-0.2, -0.15) is 4.31 Å². The SMILES string of the molecule is CCCCCCCCCCCCCC(=O)C(C)C(=O)SCCNC(=O)CCNC(=O)[C@H](O)C(C)(C)COP(=O)(O)OP(=O)(O)OC[C@H]1O[C@@H](n2cnc3c(N)ncnc32)[C@H](O)[C@@H]1OP(=O)(O)O. The maximum Gasteiger partial charge on any atom is 0.481 e. The van der Waals surface area contributed by atoms with E-state index < -0.39 is 90.5 Å². The van der Waals surface area contributed by atoms with Crippen molar-refractivity contribution < 1.29 is 85.3 Å². The Balaban J connectivity index is 1.35. The Bertz CT molecular complexity index is 2080. The molecule has 2 amide bonds. The zero-order valence-electron chi connectivity index (χ0n) is 38.0. The number of ketones is 1. The standard InChI is InChI=1S/C38H66N7O18P3S/c1-5-6-7-8-9-10-11-12-13-14-15-16-26(46)25(2)37(51)67-20-19-40-28(47)17-18-41-35(50)32(49)38(3,4)22-60-66(57,58)63-65(55,56)59-21-27-31(62-64(52,53)54)30(48)36(61-27)45-24-44-29-33(39)42-23-43-34(29)45/h23-25,27,30-32,36,48-49H,5-22H2,1-4H3,(H,40,47)(H,41,50)(H,55,56)(H,57,58)(H2,39,42,43)(H2,52,53,54)/t25?,27-,30-,31-,32+,36-/m1/s1. The van der Waals surface area contributed by atoms with Crippen molar-refractivity contribution in [2.45, 2.75) is 142 Å². The minimum atomic E-state index is -5.59. The molecule has 0 bridgehead atoms. The molecule has 8 atom stereocenters. The molecule has 3 heterocycles. The Morgan fingerprint density at radius 1 is 0.896 bits per heavy atom. The van der Waals surface area contributed by atoms with Crippen LogP contribution in [-0.4, -0.2) is 128 Å². The van der Waals surface area contributed by atoms with Crippen LogP contribution in [0.4, 0.5) is 5.82 Å². The van der Waals surface area contributed by atoms with E-state index in [1.165, 1.54) is 58.8 Å². The number of nitrogens with two attached hydrogens (primary N) is 1. The van der Waals surface area contributed by atoms with Crippen molar-refractivity contribution >= 4 is 74.9 Å². The quantitative estimate of drug-likeness (QED) is 0.0280. The number of Topliss-reactive ketones (excluding diaryl/α,β-unsaturated/α-hetero) is 1. The number of imidazole rings is 1. The predicted octanol–water partition coefficient (Wildman–Crippen LogP) is 3.57. The number of carbonyl (C=O) groups excluding carboxylic acids is 4. The van der Waals surface area contributed by atoms with Crippen LogP contribution in [0.15, 0.2) is 12.7 Å². The fourth-order valence-electron chi connectivity index (χ4n) is 6.72. The number of nitrogens with one attached hydrogen (secondary N) is 2. The van der Waals surface area contributed by atoms with Crippen molar-refractivity contribution in [2.75, 3.05) is 37.8 Å². The van der Waals surface area contributed by atoms with Gasteiger partial charge in [-0.25, -0.2) is 28.6 Å². The molecule has 1 saturated heterocycles. The predicted molar refractivity (Wildman–Crippen MR) is 242 cm³/mol. The van der Waals surface area contributed by atoms with E-state index in [0.717, 1.165) is 54.7 Å². The highest BCUT2D eigenvalue weighted by molar-refractivity contribution is 8.13. The number of thioether (sulfide) groups is 1. The first-order valence-electron chi connectivity index (χ1n) is 22.0. The third-order valence-corrected chi connectivity index (χ3v) is 14.8. The van der Waals surface area contributed by atoms with E-state index in [0.29, 0.717) is 6.42 Å². The molecule has 2 aromatic heterocycles. The van der Waals surface area contributed by atoms with E-state index in [2.05, 4.69) is 41.3 Å². The summed E-state index contributed by atoms with van der Waals surface area (Å²) < 4.78 is 62.4. The summed E-state index contributed by atoms with van der Waals surface area (Å²) in [5, 5.41) is 26.2. The van der Waals surface area contributed by atoms with Crippen LogP contribution in [0.25, 0.3) is 11.2 Å². The minimum Gasteiger partial charge on any atom is -0.386 e. The molecule has 3 rings (SSSR count). The molecule has 1 fully saturated rings. The molecule has 2 aromatic rings. The second-order valence-corrected chi connectivity index (χ2v) is 22.0. The molecule has 25 nitrogen and oxygen atoms in total. The molecule has 382 valence electrons. The number of aliphatic hydroxyl groups excluding tert-OH is 2. The van der Waals surface area contributed by atoms with E-state index in [9.17, 15) is 62.7 Å². The van der Waals surface area contributed by atoms with Crippen molar-refractivity contribution in [1.82, 2.24) is 30.2 Å². The number of anilines is 1. The van der Waals surface area contributed by atoms with Gasteiger partial charge in [0.2, 0.25) is 11.8 Å². The number of amides is 2. The van der Waals surface area contributed by atoms with Crippen molar-refractivity contribution in [3.63, 3.8) is 0 Å². The van der Waals surface area contributed by atoms with Gasteiger partial charge in [0.15, 0.2) is 22.8 Å². The number of nitrogen functional groups attached to an aromatic ring is 1. The summed E-state index contributed by atoms with van der Waals surface area (Å²) in [4.78, 5) is 101. The van der Waals surface area contributed by atoms with Crippen LogP contribution >= 0.6 is 35.2 Å². The van der Waals surface area contributed by atoms with Gasteiger partial charge in [0.05, 0.1) is 25.5 Å². The maximum absolute atomic E-state index is 12.7. The Morgan fingerprint density at radius 3 is 2.13 bits per heavy atom. The summed E-state index contributed by atoms with van der Waals surface area (Å²) in [6.45, 7) is 4.12. The summed E-state index contributed by atoms with van der Waals surface area (Å²) in [5.74, 6) is -2.15. The average molecular weight is 1030 g/mol. The third kappa shape index (κ3) is 20.2. The lowest BCUT2D eigenvalue weighted by atomic mass is 9.87. The summed E-state index contributed by atoms with van der Waals surface area (Å²) >= 11 is 0.945. The maximum atomic E-state index is 12.7. The lowest BCUT2D eigenvalue weighted by molar-refractivity contribution is -0.137. The van der Waals surface area contributed by atoms with Crippen LogP contribution in [-0.2, 0) is 55.5 Å². The van der Waals surface area contributed by atoms with Crippen LogP contribution in [0.2, 0.25) is 0 Å². The van der Waals surface area contributed by atoms with Crippen LogP contribution in [0.5, 0.6) is 0 Å². The normalized spacial score (nSPS) is 20.5. The minimum absolute atomic E-state index is 0.0260. The topological polar surface area (TPSA) is 381 Å². The summed E-state index contributed by atoms with van der Waals surface area (Å²) in [5.41, 5.74) is 4.24. The molecule has 0 saturated carbocycles. The van der Waals surface area contributed by atoms with Crippen molar-refractivity contribution in [3.8, 4) is 0 Å². The first-order valence-corrected chi connectivity index (χ1v) is 27.5. The van der Waals surface area contributed by atoms with Gasteiger partial charge in [0, 0.05) is 37.1 Å². The van der Waals surface area contributed by atoms with E-state index in [-0.39, 0.29) is 53.1 Å². The van der Waals surface area contributed by atoms with E-state index in [1.54, 1.807) is 6.92 Å². The molecule has 0 radical (unpaired) electrons. The summed E-state index contributed by atoms with van der Waals surface area (Å²) in [7, 11) is -16.5. The number of phosphoric acid groups is 3. The smallest absolute Gasteiger partial charge is 0.386 e.